The lowest BCUT2D eigenvalue weighted by Crippen LogP contribution is -2.26. The SMILES string of the molecule is O=C(O)CCc1c2ccc(=[N+]3CCCC3)cc-2oc2cc(N3CCCC3)ccc12. The number of rotatable bonds is 4. The van der Waals surface area contributed by atoms with Crippen LogP contribution in [0, 0.1) is 0 Å². The lowest BCUT2D eigenvalue weighted by molar-refractivity contribution is -0.136. The maximum atomic E-state index is 11.3. The van der Waals surface area contributed by atoms with Gasteiger partial charge in [-0.15, -0.1) is 0 Å². The highest BCUT2D eigenvalue weighted by molar-refractivity contribution is 5.90. The number of carboxylic acids is 1. The molecule has 1 aromatic carbocycles. The summed E-state index contributed by atoms with van der Waals surface area (Å²) in [5, 5.41) is 11.5. The molecule has 5 heteroatoms. The molecule has 5 rings (SSSR count). The van der Waals surface area contributed by atoms with Gasteiger partial charge in [-0.1, -0.05) is 0 Å². The summed E-state index contributed by atoms with van der Waals surface area (Å²) in [6.07, 6.45) is 5.55. The van der Waals surface area contributed by atoms with Crippen LogP contribution in [0.4, 0.5) is 5.69 Å². The third-order valence-electron chi connectivity index (χ3n) is 6.33. The Balaban J connectivity index is 1.70. The molecule has 0 bridgehead atoms. The molecule has 5 nitrogen and oxygen atoms in total. The molecule has 0 radical (unpaired) electrons. The van der Waals surface area contributed by atoms with E-state index < -0.39 is 5.97 Å². The molecule has 0 atom stereocenters. The highest BCUT2D eigenvalue weighted by atomic mass is 16.4. The number of hydrogen-bond donors (Lipinski definition) is 1. The Bertz CT molecular complexity index is 1100. The predicted octanol–water partition coefficient (Wildman–Crippen LogP) is 3.72. The molecule has 0 saturated carbocycles. The molecular formula is C24H27N2O3+. The number of carboxylic acid groups (broad SMARTS) is 1. The summed E-state index contributed by atoms with van der Waals surface area (Å²) in [5.41, 5.74) is 4.14. The van der Waals surface area contributed by atoms with Gasteiger partial charge < -0.3 is 14.4 Å². The summed E-state index contributed by atoms with van der Waals surface area (Å²) in [7, 11) is 0. The lowest BCUT2D eigenvalue weighted by atomic mass is 9.95. The molecule has 150 valence electrons. The highest BCUT2D eigenvalue weighted by Crippen LogP contribution is 2.35. The molecule has 2 fully saturated rings. The minimum atomic E-state index is -0.769. The van der Waals surface area contributed by atoms with Crippen LogP contribution in [0.3, 0.4) is 0 Å². The van der Waals surface area contributed by atoms with Gasteiger partial charge in [0.1, 0.15) is 24.4 Å². The first-order valence-electron chi connectivity index (χ1n) is 10.7. The van der Waals surface area contributed by atoms with Crippen molar-refractivity contribution in [2.45, 2.75) is 38.5 Å². The van der Waals surface area contributed by atoms with Crippen molar-refractivity contribution in [3.8, 4) is 11.3 Å². The van der Waals surface area contributed by atoms with Crippen LogP contribution in [0.25, 0.3) is 22.3 Å². The topological polar surface area (TPSA) is 56.7 Å². The normalized spacial score (nSPS) is 17.0. The van der Waals surface area contributed by atoms with Crippen LogP contribution in [0.1, 0.15) is 37.7 Å². The largest absolute Gasteiger partial charge is 0.481 e. The Morgan fingerprint density at radius 2 is 1.83 bits per heavy atom. The summed E-state index contributed by atoms with van der Waals surface area (Å²) in [5.74, 6) is 0.0790. The van der Waals surface area contributed by atoms with Crippen LogP contribution in [0.15, 0.2) is 40.8 Å². The van der Waals surface area contributed by atoms with Crippen LogP contribution < -0.4 is 14.8 Å². The monoisotopic (exact) mass is 391 g/mol. The summed E-state index contributed by atoms with van der Waals surface area (Å²) >= 11 is 0. The smallest absolute Gasteiger partial charge is 0.303 e. The average Bonchev–Trinajstić information content (AvgIpc) is 3.44. The van der Waals surface area contributed by atoms with Crippen LogP contribution >= 0.6 is 0 Å². The quantitative estimate of drug-likeness (QED) is 0.544. The van der Waals surface area contributed by atoms with Gasteiger partial charge in [-0.25, -0.2) is 4.58 Å². The predicted molar refractivity (Wildman–Crippen MR) is 114 cm³/mol. The first-order chi connectivity index (χ1) is 14.2. The number of anilines is 1. The van der Waals surface area contributed by atoms with Crippen LogP contribution in [0.5, 0.6) is 0 Å². The second-order valence-electron chi connectivity index (χ2n) is 8.22. The van der Waals surface area contributed by atoms with E-state index >= 15 is 0 Å². The van der Waals surface area contributed by atoms with E-state index in [2.05, 4.69) is 45.9 Å². The molecule has 4 aliphatic rings. The zero-order valence-electron chi connectivity index (χ0n) is 16.7. The van der Waals surface area contributed by atoms with Gasteiger partial charge >= 0.3 is 5.97 Å². The van der Waals surface area contributed by atoms with E-state index in [4.69, 9.17) is 4.42 Å². The van der Waals surface area contributed by atoms with Gasteiger partial charge in [0.05, 0.1) is 6.07 Å². The fraction of sp³-hybridized carbons (Fsp3) is 0.417. The van der Waals surface area contributed by atoms with E-state index in [9.17, 15) is 9.90 Å². The van der Waals surface area contributed by atoms with Gasteiger partial charge in [0, 0.05) is 61.1 Å². The molecule has 2 saturated heterocycles. The fourth-order valence-electron chi connectivity index (χ4n) is 4.80. The van der Waals surface area contributed by atoms with E-state index in [1.54, 1.807) is 0 Å². The zero-order valence-corrected chi connectivity index (χ0v) is 16.7. The van der Waals surface area contributed by atoms with E-state index in [0.29, 0.717) is 6.42 Å². The number of aliphatic carboxylic acids is 1. The summed E-state index contributed by atoms with van der Waals surface area (Å²) in [6.45, 7) is 4.35. The maximum absolute atomic E-state index is 11.3. The molecule has 0 amide bonds. The molecule has 29 heavy (non-hydrogen) atoms. The molecular weight excluding hydrogens is 364 g/mol. The van der Waals surface area contributed by atoms with Gasteiger partial charge in [-0.2, -0.15) is 0 Å². The van der Waals surface area contributed by atoms with Crippen LogP contribution in [0.2, 0.25) is 0 Å². The van der Waals surface area contributed by atoms with E-state index in [1.807, 2.05) is 0 Å². The second-order valence-corrected chi connectivity index (χ2v) is 8.22. The summed E-state index contributed by atoms with van der Waals surface area (Å²) < 4.78 is 8.79. The van der Waals surface area contributed by atoms with Crippen molar-refractivity contribution < 1.29 is 14.3 Å². The van der Waals surface area contributed by atoms with Crippen molar-refractivity contribution in [1.29, 1.82) is 0 Å². The third kappa shape index (κ3) is 3.50. The van der Waals surface area contributed by atoms with Crippen LogP contribution in [-0.2, 0) is 11.2 Å². The van der Waals surface area contributed by atoms with Crippen molar-refractivity contribution in [3.63, 3.8) is 0 Å². The zero-order chi connectivity index (χ0) is 19.8. The molecule has 0 spiro atoms. The molecule has 3 aliphatic heterocycles. The Labute approximate surface area is 170 Å². The van der Waals surface area contributed by atoms with E-state index in [0.717, 1.165) is 54.0 Å². The van der Waals surface area contributed by atoms with Crippen LogP contribution in [-0.4, -0.2) is 37.3 Å². The fourth-order valence-corrected chi connectivity index (χ4v) is 4.80. The molecule has 3 heterocycles. The maximum Gasteiger partial charge on any atom is 0.303 e. The first kappa shape index (κ1) is 18.2. The average molecular weight is 391 g/mol. The molecule has 0 unspecified atom stereocenters. The number of carbonyl (C=O) groups is 1. The van der Waals surface area contributed by atoms with E-state index in [-0.39, 0.29) is 6.42 Å². The van der Waals surface area contributed by atoms with E-state index in [1.165, 1.54) is 36.7 Å². The third-order valence-corrected chi connectivity index (χ3v) is 6.33. The molecule has 1 aromatic rings. The Kier molecular flexibility index (Phi) is 4.74. The van der Waals surface area contributed by atoms with Gasteiger partial charge in [0.25, 0.3) is 0 Å². The van der Waals surface area contributed by atoms with Gasteiger partial charge in [-0.05, 0) is 43.0 Å². The summed E-state index contributed by atoms with van der Waals surface area (Å²) in [6, 6.07) is 12.8. The Morgan fingerprint density at radius 3 is 2.59 bits per heavy atom. The van der Waals surface area contributed by atoms with Gasteiger partial charge in [-0.3, -0.25) is 4.79 Å². The van der Waals surface area contributed by atoms with Crippen molar-refractivity contribution >= 4 is 22.6 Å². The number of nitrogens with zero attached hydrogens (tertiary/aromatic N) is 2. The van der Waals surface area contributed by atoms with Crippen molar-refractivity contribution in [2.75, 3.05) is 31.1 Å². The van der Waals surface area contributed by atoms with Crippen molar-refractivity contribution in [1.82, 2.24) is 4.58 Å². The Hall–Kier alpha value is -2.82. The first-order valence-corrected chi connectivity index (χ1v) is 10.7. The molecule has 1 aliphatic carbocycles. The van der Waals surface area contributed by atoms with Gasteiger partial charge in [0.2, 0.25) is 5.36 Å². The number of benzene rings is 2. The minimum absolute atomic E-state index is 0.121. The van der Waals surface area contributed by atoms with Crippen molar-refractivity contribution in [2.24, 2.45) is 0 Å². The number of hydrogen-bond acceptors (Lipinski definition) is 3. The minimum Gasteiger partial charge on any atom is -0.481 e. The highest BCUT2D eigenvalue weighted by Gasteiger charge is 2.21. The standard InChI is InChI=1S/C24H26N2O3/c27-24(28)10-9-19-20-7-5-17(25-11-1-2-12-25)15-22(20)29-23-16-18(6-8-21(19)23)26-13-3-4-14-26/h5-8,15-16H,1-4,9-14H2/p+1. The second kappa shape index (κ2) is 7.54. The number of aryl methyl sites for hydroxylation is 1. The molecule has 0 aromatic heterocycles. The lowest BCUT2D eigenvalue weighted by Gasteiger charge is -2.19. The Morgan fingerprint density at radius 1 is 1.03 bits per heavy atom. The van der Waals surface area contributed by atoms with Crippen molar-refractivity contribution in [3.05, 3.63) is 47.3 Å². The number of fused-ring (bicyclic) bond motifs is 2. The summed E-state index contributed by atoms with van der Waals surface area (Å²) in [4.78, 5) is 13.7. The molecule has 1 N–H and O–H groups in total. The van der Waals surface area contributed by atoms with Gasteiger partial charge in [0.15, 0.2) is 0 Å².